The van der Waals surface area contributed by atoms with Crippen molar-refractivity contribution < 1.29 is 8.42 Å². The fourth-order valence-electron chi connectivity index (χ4n) is 1.34. The van der Waals surface area contributed by atoms with E-state index in [1.165, 1.54) is 12.3 Å². The maximum absolute atomic E-state index is 12.0. The summed E-state index contributed by atoms with van der Waals surface area (Å²) in [6.45, 7) is 3.92. The number of alkyl halides is 1. The van der Waals surface area contributed by atoms with Crippen molar-refractivity contribution in [3.8, 4) is 0 Å². The van der Waals surface area contributed by atoms with Crippen molar-refractivity contribution in [3.05, 3.63) is 12.3 Å². The Bertz CT molecular complexity index is 404. The van der Waals surface area contributed by atoms with Gasteiger partial charge in [-0.25, -0.2) is 13.1 Å². The van der Waals surface area contributed by atoms with Gasteiger partial charge in [-0.15, -0.1) is 0 Å². The fraction of sp³-hybridized carbons (Fsp3) is 0.667. The third-order valence-electron chi connectivity index (χ3n) is 2.72. The predicted molar refractivity (Wildman–Crippen MR) is 66.0 cm³/mol. The minimum absolute atomic E-state index is 0.0970. The monoisotopic (exact) mass is 309 g/mol. The SMILES string of the molecule is CCC(CC)(CBr)NS(=O)(=O)c1ccn[nH]1. The molecule has 0 fully saturated rings. The summed E-state index contributed by atoms with van der Waals surface area (Å²) in [6.07, 6.45) is 2.87. The highest BCUT2D eigenvalue weighted by atomic mass is 79.9. The maximum Gasteiger partial charge on any atom is 0.257 e. The first kappa shape index (κ1) is 13.7. The Morgan fingerprint density at radius 3 is 2.50 bits per heavy atom. The molecule has 0 saturated carbocycles. The van der Waals surface area contributed by atoms with E-state index in [1.54, 1.807) is 0 Å². The molecule has 92 valence electrons. The number of nitrogens with zero attached hydrogens (tertiary/aromatic N) is 1. The number of nitrogens with one attached hydrogen (secondary N) is 2. The van der Waals surface area contributed by atoms with Gasteiger partial charge in [0.1, 0.15) is 0 Å². The summed E-state index contributed by atoms with van der Waals surface area (Å²) >= 11 is 3.36. The molecule has 0 bridgehead atoms. The standard InChI is InChI=1S/C9H16BrN3O2S/c1-3-9(4-2,7-10)13-16(14,15)8-5-6-11-12-8/h5-6,13H,3-4,7H2,1-2H3,(H,11,12). The second kappa shape index (κ2) is 5.29. The van der Waals surface area contributed by atoms with Gasteiger partial charge >= 0.3 is 0 Å². The normalized spacial score (nSPS) is 12.9. The Hall–Kier alpha value is -0.400. The molecule has 0 radical (unpaired) electrons. The first-order valence-electron chi connectivity index (χ1n) is 5.09. The molecule has 0 atom stereocenters. The first-order valence-corrected chi connectivity index (χ1v) is 7.69. The van der Waals surface area contributed by atoms with Gasteiger partial charge in [0.05, 0.1) is 6.20 Å². The highest BCUT2D eigenvalue weighted by molar-refractivity contribution is 9.09. The van der Waals surface area contributed by atoms with Gasteiger partial charge in [0.2, 0.25) is 0 Å². The van der Waals surface area contributed by atoms with E-state index in [-0.39, 0.29) is 5.03 Å². The van der Waals surface area contributed by atoms with Gasteiger partial charge in [0.15, 0.2) is 5.03 Å². The van der Waals surface area contributed by atoms with E-state index >= 15 is 0 Å². The molecule has 7 heteroatoms. The molecular formula is C9H16BrN3O2S. The van der Waals surface area contributed by atoms with Crippen LogP contribution < -0.4 is 4.72 Å². The molecular weight excluding hydrogens is 294 g/mol. The molecule has 0 aliphatic carbocycles. The summed E-state index contributed by atoms with van der Waals surface area (Å²) in [7, 11) is -3.51. The van der Waals surface area contributed by atoms with Crippen molar-refractivity contribution in [3.63, 3.8) is 0 Å². The van der Waals surface area contributed by atoms with Crippen molar-refractivity contribution in [2.24, 2.45) is 0 Å². The zero-order valence-electron chi connectivity index (χ0n) is 9.33. The number of H-pyrrole nitrogens is 1. The zero-order chi connectivity index (χ0) is 12.2. The predicted octanol–water partition coefficient (Wildman–Crippen LogP) is 1.64. The number of sulfonamides is 1. The van der Waals surface area contributed by atoms with Crippen LogP contribution in [0.1, 0.15) is 26.7 Å². The van der Waals surface area contributed by atoms with Crippen LogP contribution in [0.4, 0.5) is 0 Å². The smallest absolute Gasteiger partial charge is 0.257 e. The van der Waals surface area contributed by atoms with E-state index < -0.39 is 15.6 Å². The molecule has 2 N–H and O–H groups in total. The number of aromatic nitrogens is 2. The van der Waals surface area contributed by atoms with Crippen LogP contribution in [0, 0.1) is 0 Å². The van der Waals surface area contributed by atoms with Gasteiger partial charge in [-0.3, -0.25) is 5.10 Å². The van der Waals surface area contributed by atoms with Crippen molar-refractivity contribution in [2.45, 2.75) is 37.3 Å². The van der Waals surface area contributed by atoms with Crippen LogP contribution in [-0.2, 0) is 10.0 Å². The molecule has 16 heavy (non-hydrogen) atoms. The van der Waals surface area contributed by atoms with Gasteiger partial charge < -0.3 is 0 Å². The Balaban J connectivity index is 2.96. The molecule has 0 unspecified atom stereocenters. The van der Waals surface area contributed by atoms with Crippen LogP contribution in [0.2, 0.25) is 0 Å². The number of aromatic amines is 1. The molecule has 1 heterocycles. The molecule has 5 nitrogen and oxygen atoms in total. The zero-order valence-corrected chi connectivity index (χ0v) is 11.7. The number of hydrogen-bond acceptors (Lipinski definition) is 3. The average Bonchev–Trinajstić information content (AvgIpc) is 2.80. The maximum atomic E-state index is 12.0. The van der Waals surface area contributed by atoms with Gasteiger partial charge in [-0.2, -0.15) is 5.10 Å². The molecule has 0 aliphatic heterocycles. The molecule has 0 aromatic carbocycles. The second-order valence-corrected chi connectivity index (χ2v) is 5.86. The van der Waals surface area contributed by atoms with Crippen molar-refractivity contribution in [1.29, 1.82) is 0 Å². The molecule has 1 aromatic rings. The largest absolute Gasteiger partial charge is 0.266 e. The van der Waals surface area contributed by atoms with E-state index in [1.807, 2.05) is 13.8 Å². The molecule has 0 aliphatic rings. The highest BCUT2D eigenvalue weighted by Crippen LogP contribution is 2.21. The van der Waals surface area contributed by atoms with Crippen LogP contribution in [0.15, 0.2) is 17.3 Å². The summed E-state index contributed by atoms with van der Waals surface area (Å²) < 4.78 is 26.7. The van der Waals surface area contributed by atoms with Gasteiger partial charge in [0, 0.05) is 10.9 Å². The topological polar surface area (TPSA) is 74.8 Å². The number of rotatable bonds is 6. The summed E-state index contributed by atoms with van der Waals surface area (Å²) in [5.74, 6) is 0. The van der Waals surface area contributed by atoms with Crippen molar-refractivity contribution in [2.75, 3.05) is 5.33 Å². The Morgan fingerprint density at radius 2 is 2.12 bits per heavy atom. The lowest BCUT2D eigenvalue weighted by atomic mass is 9.97. The first-order chi connectivity index (χ1) is 7.49. The lowest BCUT2D eigenvalue weighted by Gasteiger charge is -2.29. The second-order valence-electron chi connectivity index (χ2n) is 3.65. The van der Waals surface area contributed by atoms with Gasteiger partial charge in [-0.05, 0) is 18.9 Å². The van der Waals surface area contributed by atoms with E-state index in [2.05, 4.69) is 30.8 Å². The molecule has 0 spiro atoms. The fourth-order valence-corrected chi connectivity index (χ4v) is 3.92. The molecule has 1 aromatic heterocycles. The van der Waals surface area contributed by atoms with Crippen LogP contribution in [0.5, 0.6) is 0 Å². The van der Waals surface area contributed by atoms with Gasteiger partial charge in [-0.1, -0.05) is 29.8 Å². The van der Waals surface area contributed by atoms with Crippen molar-refractivity contribution >= 4 is 26.0 Å². The summed E-state index contributed by atoms with van der Waals surface area (Å²) in [6, 6.07) is 1.44. The summed E-state index contributed by atoms with van der Waals surface area (Å²) in [5.41, 5.74) is -0.441. The Morgan fingerprint density at radius 1 is 1.50 bits per heavy atom. The quantitative estimate of drug-likeness (QED) is 0.784. The lowest BCUT2D eigenvalue weighted by molar-refractivity contribution is 0.398. The third-order valence-corrected chi connectivity index (χ3v) is 5.31. The van der Waals surface area contributed by atoms with Crippen LogP contribution in [-0.4, -0.2) is 29.5 Å². The third kappa shape index (κ3) is 2.83. The Labute approximate surface area is 104 Å². The van der Waals surface area contributed by atoms with E-state index in [0.29, 0.717) is 5.33 Å². The van der Waals surface area contributed by atoms with Crippen LogP contribution in [0.3, 0.4) is 0 Å². The minimum atomic E-state index is -3.51. The Kier molecular flexibility index (Phi) is 4.52. The summed E-state index contributed by atoms with van der Waals surface area (Å²) in [4.78, 5) is 0. The van der Waals surface area contributed by atoms with Gasteiger partial charge in [0.25, 0.3) is 10.0 Å². The van der Waals surface area contributed by atoms with Crippen molar-refractivity contribution in [1.82, 2.24) is 14.9 Å². The number of halogens is 1. The molecule has 0 amide bonds. The van der Waals surface area contributed by atoms with Crippen LogP contribution in [0.25, 0.3) is 0 Å². The molecule has 0 saturated heterocycles. The minimum Gasteiger partial charge on any atom is -0.266 e. The average molecular weight is 310 g/mol. The number of hydrogen-bond donors (Lipinski definition) is 2. The summed E-state index contributed by atoms with van der Waals surface area (Å²) in [5, 5.41) is 6.78. The van der Waals surface area contributed by atoms with E-state index in [0.717, 1.165) is 12.8 Å². The highest BCUT2D eigenvalue weighted by Gasteiger charge is 2.31. The van der Waals surface area contributed by atoms with E-state index in [4.69, 9.17) is 0 Å². The van der Waals surface area contributed by atoms with E-state index in [9.17, 15) is 8.42 Å². The molecule has 1 rings (SSSR count). The van der Waals surface area contributed by atoms with Crippen LogP contribution >= 0.6 is 15.9 Å². The lowest BCUT2D eigenvalue weighted by Crippen LogP contribution is -2.49.